The van der Waals surface area contributed by atoms with Crippen LogP contribution in [0.4, 0.5) is 0 Å². The van der Waals surface area contributed by atoms with Crippen LogP contribution in [-0.4, -0.2) is 19.2 Å². The van der Waals surface area contributed by atoms with Crippen LogP contribution >= 0.6 is 0 Å². The van der Waals surface area contributed by atoms with Crippen molar-refractivity contribution in [2.24, 2.45) is 11.8 Å². The van der Waals surface area contributed by atoms with Gasteiger partial charge in [-0.1, -0.05) is 37.5 Å². The zero-order valence-corrected chi connectivity index (χ0v) is 11.0. The molecule has 1 aliphatic carbocycles. The maximum Gasteiger partial charge on any atom is 0.119 e. The molecule has 1 aromatic rings. The van der Waals surface area contributed by atoms with Crippen LogP contribution in [0.25, 0.3) is 0 Å². The van der Waals surface area contributed by atoms with Crippen LogP contribution in [0.15, 0.2) is 30.3 Å². The van der Waals surface area contributed by atoms with Crippen molar-refractivity contribution in [3.05, 3.63) is 30.3 Å². The van der Waals surface area contributed by atoms with Gasteiger partial charge in [0.15, 0.2) is 0 Å². The summed E-state index contributed by atoms with van der Waals surface area (Å²) in [7, 11) is 0. The number of rotatable bonds is 3. The van der Waals surface area contributed by atoms with E-state index >= 15 is 0 Å². The molecule has 18 heavy (non-hydrogen) atoms. The first-order chi connectivity index (χ1) is 8.93. The van der Waals surface area contributed by atoms with Crippen LogP contribution in [-0.2, 0) is 0 Å². The lowest BCUT2D eigenvalue weighted by molar-refractivity contribution is 0.0994. The van der Waals surface area contributed by atoms with Gasteiger partial charge < -0.3 is 10.1 Å². The molecule has 1 saturated heterocycles. The van der Waals surface area contributed by atoms with Gasteiger partial charge in [0.2, 0.25) is 0 Å². The van der Waals surface area contributed by atoms with Crippen molar-refractivity contribution in [3.8, 4) is 5.75 Å². The number of piperidine rings is 1. The van der Waals surface area contributed by atoms with Gasteiger partial charge in [0.25, 0.3) is 0 Å². The van der Waals surface area contributed by atoms with E-state index in [0.717, 1.165) is 24.2 Å². The van der Waals surface area contributed by atoms with Crippen LogP contribution in [0.5, 0.6) is 5.75 Å². The fourth-order valence-corrected chi connectivity index (χ4v) is 3.62. The number of hydrogen-bond donors (Lipinski definition) is 1. The van der Waals surface area contributed by atoms with Crippen molar-refractivity contribution in [1.82, 2.24) is 5.32 Å². The maximum absolute atomic E-state index is 5.93. The zero-order valence-electron chi connectivity index (χ0n) is 11.0. The van der Waals surface area contributed by atoms with Gasteiger partial charge in [-0.2, -0.15) is 0 Å². The molecule has 3 rings (SSSR count). The van der Waals surface area contributed by atoms with Crippen molar-refractivity contribution in [2.45, 2.75) is 38.1 Å². The fraction of sp³-hybridized carbons (Fsp3) is 0.625. The molecule has 0 amide bonds. The highest BCUT2D eigenvalue weighted by Gasteiger charge is 2.34. The van der Waals surface area contributed by atoms with Crippen molar-refractivity contribution < 1.29 is 4.74 Å². The second-order valence-corrected chi connectivity index (χ2v) is 5.68. The van der Waals surface area contributed by atoms with E-state index in [1.54, 1.807) is 0 Å². The molecule has 0 radical (unpaired) electrons. The average Bonchev–Trinajstić information content (AvgIpc) is 2.46. The van der Waals surface area contributed by atoms with E-state index in [-0.39, 0.29) is 0 Å². The number of nitrogens with one attached hydrogen (secondary N) is 1. The van der Waals surface area contributed by atoms with Crippen LogP contribution in [0.2, 0.25) is 0 Å². The van der Waals surface area contributed by atoms with Crippen LogP contribution in [0.3, 0.4) is 0 Å². The summed E-state index contributed by atoms with van der Waals surface area (Å²) in [6, 6.07) is 10.7. The quantitative estimate of drug-likeness (QED) is 0.882. The monoisotopic (exact) mass is 245 g/mol. The molecule has 2 heteroatoms. The highest BCUT2D eigenvalue weighted by atomic mass is 16.5. The molecule has 0 bridgehead atoms. The van der Waals surface area contributed by atoms with Gasteiger partial charge in [-0.25, -0.2) is 0 Å². The van der Waals surface area contributed by atoms with E-state index in [1.165, 1.54) is 38.6 Å². The maximum atomic E-state index is 5.93. The second kappa shape index (κ2) is 5.75. The molecule has 0 spiro atoms. The van der Waals surface area contributed by atoms with Gasteiger partial charge in [0.05, 0.1) is 0 Å². The standard InChI is InChI=1S/C16H23NO/c1-2-7-14(8-3-1)18-12-16-15-9-5-4-6-13(15)10-11-17-16/h1-3,7-8,13,15-17H,4-6,9-12H2. The third-order valence-corrected chi connectivity index (χ3v) is 4.58. The van der Waals surface area contributed by atoms with E-state index in [2.05, 4.69) is 5.32 Å². The Kier molecular flexibility index (Phi) is 3.84. The van der Waals surface area contributed by atoms with Gasteiger partial charge in [-0.15, -0.1) is 0 Å². The van der Waals surface area contributed by atoms with Crippen molar-refractivity contribution in [3.63, 3.8) is 0 Å². The van der Waals surface area contributed by atoms with Gasteiger partial charge in [-0.05, 0) is 43.4 Å². The predicted molar refractivity (Wildman–Crippen MR) is 73.8 cm³/mol. The highest BCUT2D eigenvalue weighted by Crippen LogP contribution is 2.36. The van der Waals surface area contributed by atoms with Gasteiger partial charge in [-0.3, -0.25) is 0 Å². The molecule has 3 unspecified atom stereocenters. The third-order valence-electron chi connectivity index (χ3n) is 4.58. The van der Waals surface area contributed by atoms with Gasteiger partial charge in [0, 0.05) is 6.04 Å². The Morgan fingerprint density at radius 3 is 2.78 bits per heavy atom. The van der Waals surface area contributed by atoms with Crippen LogP contribution in [0, 0.1) is 11.8 Å². The van der Waals surface area contributed by atoms with Crippen LogP contribution < -0.4 is 10.1 Å². The first-order valence-electron chi connectivity index (χ1n) is 7.35. The largest absolute Gasteiger partial charge is 0.492 e. The van der Waals surface area contributed by atoms with E-state index in [1.807, 2.05) is 30.3 Å². The molecule has 1 aliphatic heterocycles. The predicted octanol–water partition coefficient (Wildman–Crippen LogP) is 3.23. The lowest BCUT2D eigenvalue weighted by Crippen LogP contribution is -2.50. The lowest BCUT2D eigenvalue weighted by atomic mass is 9.72. The number of hydrogen-bond acceptors (Lipinski definition) is 2. The summed E-state index contributed by atoms with van der Waals surface area (Å²) >= 11 is 0. The molecule has 0 aromatic heterocycles. The molecule has 1 N–H and O–H groups in total. The fourth-order valence-electron chi connectivity index (χ4n) is 3.62. The average molecular weight is 245 g/mol. The minimum Gasteiger partial charge on any atom is -0.492 e. The van der Waals surface area contributed by atoms with Crippen LogP contribution in [0.1, 0.15) is 32.1 Å². The molecule has 2 nitrogen and oxygen atoms in total. The first-order valence-corrected chi connectivity index (χ1v) is 7.35. The number of fused-ring (bicyclic) bond motifs is 1. The summed E-state index contributed by atoms with van der Waals surface area (Å²) in [6.07, 6.45) is 7.04. The molecule has 98 valence electrons. The Morgan fingerprint density at radius 1 is 1.06 bits per heavy atom. The summed E-state index contributed by atoms with van der Waals surface area (Å²) in [6.45, 7) is 2.00. The number of benzene rings is 1. The topological polar surface area (TPSA) is 21.3 Å². The molecule has 1 aromatic carbocycles. The Balaban J connectivity index is 1.58. The van der Waals surface area contributed by atoms with Gasteiger partial charge in [0.1, 0.15) is 12.4 Å². The summed E-state index contributed by atoms with van der Waals surface area (Å²) in [5.41, 5.74) is 0. The van der Waals surface area contributed by atoms with E-state index in [4.69, 9.17) is 4.74 Å². The Bertz CT molecular complexity index is 363. The Hall–Kier alpha value is -1.02. The smallest absolute Gasteiger partial charge is 0.119 e. The summed E-state index contributed by atoms with van der Waals surface area (Å²) in [5, 5.41) is 3.66. The summed E-state index contributed by atoms with van der Waals surface area (Å²) in [5.74, 6) is 2.79. The molecule has 1 heterocycles. The molecule has 2 fully saturated rings. The minimum absolute atomic E-state index is 0.559. The molecular formula is C16H23NO. The normalized spacial score (nSPS) is 31.7. The Morgan fingerprint density at radius 2 is 1.89 bits per heavy atom. The molecule has 1 saturated carbocycles. The zero-order chi connectivity index (χ0) is 12.2. The molecular weight excluding hydrogens is 222 g/mol. The summed E-state index contributed by atoms with van der Waals surface area (Å²) < 4.78 is 5.93. The van der Waals surface area contributed by atoms with Crippen molar-refractivity contribution >= 4 is 0 Å². The highest BCUT2D eigenvalue weighted by molar-refractivity contribution is 5.21. The SMILES string of the molecule is c1ccc(OCC2NCCC3CCCCC32)cc1. The lowest BCUT2D eigenvalue weighted by Gasteiger charge is -2.41. The number of para-hydroxylation sites is 1. The first kappa shape index (κ1) is 12.0. The van der Waals surface area contributed by atoms with E-state index in [0.29, 0.717) is 6.04 Å². The summed E-state index contributed by atoms with van der Waals surface area (Å²) in [4.78, 5) is 0. The molecule has 3 atom stereocenters. The van der Waals surface area contributed by atoms with Gasteiger partial charge >= 0.3 is 0 Å². The van der Waals surface area contributed by atoms with Crippen molar-refractivity contribution in [2.75, 3.05) is 13.2 Å². The molecule has 2 aliphatic rings. The van der Waals surface area contributed by atoms with Crippen molar-refractivity contribution in [1.29, 1.82) is 0 Å². The van der Waals surface area contributed by atoms with E-state index < -0.39 is 0 Å². The Labute approximate surface area is 110 Å². The van der Waals surface area contributed by atoms with E-state index in [9.17, 15) is 0 Å². The third kappa shape index (κ3) is 2.69. The number of ether oxygens (including phenoxy) is 1. The second-order valence-electron chi connectivity index (χ2n) is 5.68. The minimum atomic E-state index is 0.559.